The molecule has 5 rings (SSSR count). The Bertz CT molecular complexity index is 817. The Hall–Kier alpha value is -1.86. The van der Waals surface area contributed by atoms with Crippen LogP contribution < -0.4 is 10.2 Å². The predicted octanol–water partition coefficient (Wildman–Crippen LogP) is 3.48. The van der Waals surface area contributed by atoms with Crippen LogP contribution in [0.2, 0.25) is 0 Å². The Labute approximate surface area is 169 Å². The summed E-state index contributed by atoms with van der Waals surface area (Å²) >= 11 is 1.70. The van der Waals surface area contributed by atoms with E-state index in [-0.39, 0.29) is 18.1 Å². The Balaban J connectivity index is 1.29. The van der Waals surface area contributed by atoms with Crippen molar-refractivity contribution in [1.82, 2.24) is 10.3 Å². The number of carbonyl (C=O) groups excluding carboxylic acids is 1. The second-order valence-electron chi connectivity index (χ2n) is 8.54. The van der Waals surface area contributed by atoms with Crippen molar-refractivity contribution in [3.05, 3.63) is 35.2 Å². The fourth-order valence-corrected chi connectivity index (χ4v) is 5.32. The van der Waals surface area contributed by atoms with Crippen LogP contribution >= 0.6 is 11.3 Å². The highest BCUT2D eigenvalue weighted by Gasteiger charge is 2.44. The van der Waals surface area contributed by atoms with Crippen molar-refractivity contribution >= 4 is 22.4 Å². The summed E-state index contributed by atoms with van der Waals surface area (Å²) in [5.74, 6) is 2.18. The number of nitrogens with one attached hydrogen (secondary N) is 1. The molecule has 7 heteroatoms. The van der Waals surface area contributed by atoms with Gasteiger partial charge in [-0.25, -0.2) is 4.98 Å². The lowest BCUT2D eigenvalue weighted by Crippen LogP contribution is -2.50. The number of amides is 1. The number of aryl methyl sites for hydroxylation is 1. The molecule has 150 valence electrons. The number of hydrogen-bond donors (Lipinski definition) is 1. The zero-order valence-electron chi connectivity index (χ0n) is 16.2. The molecule has 1 N–H and O–H groups in total. The average Bonchev–Trinajstić information content (AvgIpc) is 3.07. The number of fused-ring (bicyclic) bond motifs is 1. The van der Waals surface area contributed by atoms with Crippen LogP contribution in [0.15, 0.2) is 28.3 Å². The maximum absolute atomic E-state index is 12.8. The average molecular weight is 402 g/mol. The number of carbonyl (C=O) groups is 1. The number of aromatic nitrogens is 1. The van der Waals surface area contributed by atoms with Crippen LogP contribution in [0.1, 0.15) is 41.8 Å². The lowest BCUT2D eigenvalue weighted by molar-refractivity contribution is -0.0213. The van der Waals surface area contributed by atoms with Gasteiger partial charge in [-0.3, -0.25) is 4.79 Å². The predicted molar refractivity (Wildman–Crippen MR) is 108 cm³/mol. The van der Waals surface area contributed by atoms with E-state index in [0.29, 0.717) is 17.6 Å². The van der Waals surface area contributed by atoms with Gasteiger partial charge in [-0.15, -0.1) is 11.3 Å². The summed E-state index contributed by atoms with van der Waals surface area (Å²) in [6.45, 7) is 4.78. The smallest absolute Gasteiger partial charge is 0.287 e. The van der Waals surface area contributed by atoms with Crippen LogP contribution in [0, 0.1) is 24.7 Å². The van der Waals surface area contributed by atoms with Crippen LogP contribution in [-0.2, 0) is 4.74 Å². The fourth-order valence-electron chi connectivity index (χ4n) is 4.66. The highest BCUT2D eigenvalue weighted by Crippen LogP contribution is 2.40. The van der Waals surface area contributed by atoms with Crippen LogP contribution in [-0.4, -0.2) is 42.7 Å². The first-order valence-corrected chi connectivity index (χ1v) is 11.2. The molecule has 0 aromatic carbocycles. The summed E-state index contributed by atoms with van der Waals surface area (Å²) in [5, 5.41) is 6.37. The Morgan fingerprint density at radius 3 is 2.86 bits per heavy atom. The van der Waals surface area contributed by atoms with Crippen molar-refractivity contribution in [1.29, 1.82) is 0 Å². The Morgan fingerprint density at radius 2 is 2.18 bits per heavy atom. The molecule has 1 aliphatic heterocycles. The highest BCUT2D eigenvalue weighted by molar-refractivity contribution is 7.13. The lowest BCUT2D eigenvalue weighted by atomic mass is 9.77. The molecule has 2 aromatic rings. The van der Waals surface area contributed by atoms with Crippen molar-refractivity contribution in [2.45, 2.75) is 44.8 Å². The van der Waals surface area contributed by atoms with E-state index in [0.717, 1.165) is 49.2 Å². The van der Waals surface area contributed by atoms with Crippen molar-refractivity contribution in [3.63, 3.8) is 0 Å². The maximum Gasteiger partial charge on any atom is 0.287 e. The second-order valence-corrected chi connectivity index (χ2v) is 9.41. The molecule has 1 saturated heterocycles. The fraction of sp³-hybridized carbons (Fsp3) is 0.619. The number of thiazole rings is 1. The van der Waals surface area contributed by atoms with Crippen molar-refractivity contribution < 1.29 is 13.9 Å². The quantitative estimate of drug-likeness (QED) is 0.803. The first-order valence-electron chi connectivity index (χ1n) is 10.3. The van der Waals surface area contributed by atoms with E-state index in [2.05, 4.69) is 15.2 Å². The summed E-state index contributed by atoms with van der Waals surface area (Å²) in [6, 6.07) is 1.86. The van der Waals surface area contributed by atoms with Gasteiger partial charge < -0.3 is 19.4 Å². The minimum atomic E-state index is -0.124. The molecule has 1 amide bonds. The van der Waals surface area contributed by atoms with Gasteiger partial charge in [-0.05, 0) is 56.4 Å². The van der Waals surface area contributed by atoms with E-state index in [1.807, 2.05) is 24.6 Å². The molecule has 2 aromatic heterocycles. The second kappa shape index (κ2) is 7.52. The SMILES string of the molecule is Cc1ccoc1C(=O)N[C@H]1C[C@H]2CN(c3nccs3)C[C@H]2C[C@@H]1OCC1CC1. The number of ether oxygens (including phenoxy) is 1. The molecule has 0 radical (unpaired) electrons. The van der Waals surface area contributed by atoms with E-state index < -0.39 is 0 Å². The molecule has 6 nitrogen and oxygen atoms in total. The third-order valence-corrected chi connectivity index (χ3v) is 7.27. The van der Waals surface area contributed by atoms with Gasteiger partial charge in [-0.2, -0.15) is 0 Å². The topological polar surface area (TPSA) is 67.6 Å². The molecule has 2 aliphatic carbocycles. The number of nitrogens with zero attached hydrogens (tertiary/aromatic N) is 2. The first-order chi connectivity index (χ1) is 13.7. The van der Waals surface area contributed by atoms with E-state index in [1.54, 1.807) is 17.6 Å². The molecule has 3 heterocycles. The minimum absolute atomic E-state index is 0.0354. The van der Waals surface area contributed by atoms with Crippen LogP contribution in [0.4, 0.5) is 5.13 Å². The zero-order valence-corrected chi connectivity index (χ0v) is 17.0. The summed E-state index contributed by atoms with van der Waals surface area (Å²) in [7, 11) is 0. The molecular weight excluding hydrogens is 374 g/mol. The van der Waals surface area contributed by atoms with E-state index in [9.17, 15) is 4.79 Å². The molecule has 0 unspecified atom stereocenters. The van der Waals surface area contributed by atoms with Crippen molar-refractivity contribution in [3.8, 4) is 0 Å². The standard InChI is InChI=1S/C21H27N3O3S/c1-13-4-6-26-19(13)20(25)23-17-8-15-10-24(21-22-5-7-28-21)11-16(15)9-18(17)27-12-14-2-3-14/h4-7,14-18H,2-3,8-12H2,1H3,(H,23,25)/t15-,16+,17-,18-/m0/s1. The van der Waals surface area contributed by atoms with Crippen LogP contribution in [0.5, 0.6) is 0 Å². The lowest BCUT2D eigenvalue weighted by Gasteiger charge is -2.38. The van der Waals surface area contributed by atoms with Gasteiger partial charge in [0.1, 0.15) is 0 Å². The van der Waals surface area contributed by atoms with Crippen LogP contribution in [0.25, 0.3) is 0 Å². The molecule has 4 atom stereocenters. The minimum Gasteiger partial charge on any atom is -0.459 e. The highest BCUT2D eigenvalue weighted by atomic mass is 32.1. The number of rotatable bonds is 6. The largest absolute Gasteiger partial charge is 0.459 e. The van der Waals surface area contributed by atoms with Gasteiger partial charge in [0.2, 0.25) is 0 Å². The van der Waals surface area contributed by atoms with Gasteiger partial charge in [-0.1, -0.05) is 0 Å². The van der Waals surface area contributed by atoms with Gasteiger partial charge in [0.25, 0.3) is 5.91 Å². The summed E-state index contributed by atoms with van der Waals surface area (Å²) in [4.78, 5) is 19.6. The molecular formula is C21H27N3O3S. The first kappa shape index (κ1) is 18.2. The summed E-state index contributed by atoms with van der Waals surface area (Å²) in [5.41, 5.74) is 0.873. The third kappa shape index (κ3) is 3.70. The van der Waals surface area contributed by atoms with E-state index in [1.165, 1.54) is 12.8 Å². The monoisotopic (exact) mass is 401 g/mol. The number of hydrogen-bond acceptors (Lipinski definition) is 6. The molecule has 3 fully saturated rings. The number of anilines is 1. The van der Waals surface area contributed by atoms with E-state index >= 15 is 0 Å². The van der Waals surface area contributed by atoms with Crippen LogP contribution in [0.3, 0.4) is 0 Å². The van der Waals surface area contributed by atoms with E-state index in [4.69, 9.17) is 9.15 Å². The Morgan fingerprint density at radius 1 is 1.36 bits per heavy atom. The molecule has 0 spiro atoms. The third-order valence-electron chi connectivity index (χ3n) is 6.43. The molecule has 2 saturated carbocycles. The molecule has 28 heavy (non-hydrogen) atoms. The Kier molecular flexibility index (Phi) is 4.88. The normalized spacial score (nSPS) is 29.7. The van der Waals surface area contributed by atoms with Gasteiger partial charge in [0, 0.05) is 36.8 Å². The van der Waals surface area contributed by atoms with Gasteiger partial charge in [0.05, 0.1) is 18.4 Å². The molecule has 0 bridgehead atoms. The summed E-state index contributed by atoms with van der Waals surface area (Å²) in [6.07, 6.45) is 8.04. The van der Waals surface area contributed by atoms with Gasteiger partial charge >= 0.3 is 0 Å². The summed E-state index contributed by atoms with van der Waals surface area (Å²) < 4.78 is 11.7. The number of furan rings is 1. The molecule has 3 aliphatic rings. The van der Waals surface area contributed by atoms with Gasteiger partial charge in [0.15, 0.2) is 10.9 Å². The van der Waals surface area contributed by atoms with Crippen molar-refractivity contribution in [2.75, 3.05) is 24.6 Å². The maximum atomic E-state index is 12.8. The van der Waals surface area contributed by atoms with Crippen molar-refractivity contribution in [2.24, 2.45) is 17.8 Å². The zero-order chi connectivity index (χ0) is 19.1.